The zero-order valence-electron chi connectivity index (χ0n) is 12.6. The van der Waals surface area contributed by atoms with E-state index >= 15 is 0 Å². The average Bonchev–Trinajstić information content (AvgIpc) is 3.05. The van der Waals surface area contributed by atoms with Crippen molar-refractivity contribution in [3.63, 3.8) is 0 Å². The number of pyridine rings is 1. The van der Waals surface area contributed by atoms with Gasteiger partial charge in [0.05, 0.1) is 13.5 Å². The second kappa shape index (κ2) is 6.31. The minimum absolute atomic E-state index is 0.235. The number of methoxy groups -OCH3 is 1. The molecule has 3 rings (SSSR count). The Kier molecular flexibility index (Phi) is 4.05. The van der Waals surface area contributed by atoms with Crippen LogP contribution in [0, 0.1) is 0 Å². The van der Waals surface area contributed by atoms with Gasteiger partial charge in [0, 0.05) is 35.9 Å². The zero-order chi connectivity index (χ0) is 16.2. The van der Waals surface area contributed by atoms with Gasteiger partial charge in [-0.2, -0.15) is 0 Å². The molecular weight excluding hydrogens is 292 g/mol. The van der Waals surface area contributed by atoms with Crippen LogP contribution in [0.25, 0.3) is 17.1 Å². The molecule has 6 heteroatoms. The predicted octanol–water partition coefficient (Wildman–Crippen LogP) is 1.97. The Hall–Kier alpha value is -3.15. The summed E-state index contributed by atoms with van der Waals surface area (Å²) in [7, 11) is 1.58. The van der Waals surface area contributed by atoms with Crippen molar-refractivity contribution in [3.8, 4) is 23.0 Å². The van der Waals surface area contributed by atoms with Crippen molar-refractivity contribution >= 4 is 5.91 Å². The molecule has 1 aromatic carbocycles. The number of amides is 1. The summed E-state index contributed by atoms with van der Waals surface area (Å²) in [5.74, 6) is 0.979. The van der Waals surface area contributed by atoms with E-state index in [-0.39, 0.29) is 12.3 Å². The third-order valence-corrected chi connectivity index (χ3v) is 3.44. The van der Waals surface area contributed by atoms with Crippen LogP contribution < -0.4 is 10.5 Å². The van der Waals surface area contributed by atoms with Crippen LogP contribution >= 0.6 is 0 Å². The molecule has 0 unspecified atom stereocenters. The quantitative estimate of drug-likeness (QED) is 0.781. The molecule has 0 saturated carbocycles. The van der Waals surface area contributed by atoms with E-state index in [2.05, 4.69) is 9.97 Å². The van der Waals surface area contributed by atoms with Crippen LogP contribution in [0.4, 0.5) is 0 Å². The molecule has 0 aliphatic rings. The molecule has 6 nitrogen and oxygen atoms in total. The first-order valence-electron chi connectivity index (χ1n) is 7.09. The van der Waals surface area contributed by atoms with E-state index < -0.39 is 0 Å². The highest BCUT2D eigenvalue weighted by Gasteiger charge is 2.09. The van der Waals surface area contributed by atoms with E-state index in [1.807, 2.05) is 47.2 Å². The fraction of sp³-hybridized carbons (Fsp3) is 0.118. The van der Waals surface area contributed by atoms with Gasteiger partial charge in [-0.15, -0.1) is 0 Å². The first-order chi connectivity index (χ1) is 11.2. The van der Waals surface area contributed by atoms with Gasteiger partial charge in [0.15, 0.2) is 0 Å². The molecule has 2 N–H and O–H groups in total. The summed E-state index contributed by atoms with van der Waals surface area (Å²) in [4.78, 5) is 19.5. The van der Waals surface area contributed by atoms with Crippen molar-refractivity contribution in [1.29, 1.82) is 0 Å². The van der Waals surface area contributed by atoms with E-state index in [4.69, 9.17) is 10.5 Å². The lowest BCUT2D eigenvalue weighted by molar-refractivity contribution is -0.117. The second-order valence-corrected chi connectivity index (χ2v) is 5.02. The summed E-state index contributed by atoms with van der Waals surface area (Å²) in [5, 5.41) is 0. The standard InChI is InChI=1S/C17H16N4O2/c1-23-16-11-13(6-7-19-16)17-20-8-9-21(17)14-4-2-12(3-5-14)10-15(18)22/h2-9,11H,10H2,1H3,(H2,18,22). The Labute approximate surface area is 133 Å². The van der Waals surface area contributed by atoms with Crippen LogP contribution in [-0.2, 0) is 11.2 Å². The molecular formula is C17H16N4O2. The lowest BCUT2D eigenvalue weighted by Gasteiger charge is -2.09. The molecule has 0 bridgehead atoms. The molecule has 3 aromatic rings. The van der Waals surface area contributed by atoms with Crippen LogP contribution in [0.2, 0.25) is 0 Å². The number of hydrogen-bond acceptors (Lipinski definition) is 4. The van der Waals surface area contributed by atoms with Crippen LogP contribution in [0.3, 0.4) is 0 Å². The number of aromatic nitrogens is 3. The van der Waals surface area contributed by atoms with E-state index in [1.165, 1.54) is 0 Å². The molecule has 0 spiro atoms. The summed E-state index contributed by atoms with van der Waals surface area (Å²) >= 11 is 0. The van der Waals surface area contributed by atoms with Gasteiger partial charge < -0.3 is 10.5 Å². The van der Waals surface area contributed by atoms with Gasteiger partial charge in [-0.05, 0) is 23.8 Å². The number of nitrogens with two attached hydrogens (primary N) is 1. The highest BCUT2D eigenvalue weighted by Crippen LogP contribution is 2.23. The molecule has 23 heavy (non-hydrogen) atoms. The summed E-state index contributed by atoms with van der Waals surface area (Å²) in [6.07, 6.45) is 5.53. The van der Waals surface area contributed by atoms with Crippen molar-refractivity contribution in [1.82, 2.24) is 14.5 Å². The van der Waals surface area contributed by atoms with Crippen LogP contribution in [0.5, 0.6) is 5.88 Å². The van der Waals surface area contributed by atoms with Gasteiger partial charge in [0.25, 0.3) is 0 Å². The van der Waals surface area contributed by atoms with Crippen LogP contribution in [0.15, 0.2) is 55.0 Å². The fourth-order valence-electron chi connectivity index (χ4n) is 2.36. The molecule has 2 heterocycles. The second-order valence-electron chi connectivity index (χ2n) is 5.02. The molecule has 0 fully saturated rings. The van der Waals surface area contributed by atoms with Gasteiger partial charge in [-0.25, -0.2) is 9.97 Å². The maximum absolute atomic E-state index is 11.0. The van der Waals surface area contributed by atoms with E-state index in [1.54, 1.807) is 19.5 Å². The Balaban J connectivity index is 1.95. The van der Waals surface area contributed by atoms with Gasteiger partial charge in [-0.1, -0.05) is 12.1 Å². The molecule has 1 amide bonds. The van der Waals surface area contributed by atoms with Gasteiger partial charge >= 0.3 is 0 Å². The number of carbonyl (C=O) groups is 1. The summed E-state index contributed by atoms with van der Waals surface area (Å²) in [6.45, 7) is 0. The Morgan fingerprint density at radius 1 is 1.17 bits per heavy atom. The summed E-state index contributed by atoms with van der Waals surface area (Å²) in [5.41, 5.74) is 7.95. The molecule has 116 valence electrons. The normalized spacial score (nSPS) is 10.5. The fourth-order valence-corrected chi connectivity index (χ4v) is 2.36. The van der Waals surface area contributed by atoms with E-state index in [0.717, 1.165) is 22.6 Å². The first-order valence-corrected chi connectivity index (χ1v) is 7.09. The van der Waals surface area contributed by atoms with Crippen molar-refractivity contribution in [2.45, 2.75) is 6.42 Å². The number of carbonyl (C=O) groups excluding carboxylic acids is 1. The van der Waals surface area contributed by atoms with E-state index in [0.29, 0.717) is 5.88 Å². The third kappa shape index (κ3) is 3.21. The first kappa shape index (κ1) is 14.8. The van der Waals surface area contributed by atoms with Crippen molar-refractivity contribution in [2.75, 3.05) is 7.11 Å². The predicted molar refractivity (Wildman–Crippen MR) is 86.2 cm³/mol. The van der Waals surface area contributed by atoms with Crippen molar-refractivity contribution < 1.29 is 9.53 Å². The maximum Gasteiger partial charge on any atom is 0.221 e. The number of primary amides is 1. The minimum atomic E-state index is -0.343. The van der Waals surface area contributed by atoms with Gasteiger partial charge in [0.1, 0.15) is 5.82 Å². The number of hydrogen-bond donors (Lipinski definition) is 1. The summed E-state index contributed by atoms with van der Waals surface area (Å²) in [6, 6.07) is 11.3. The number of rotatable bonds is 5. The minimum Gasteiger partial charge on any atom is -0.481 e. The lowest BCUT2D eigenvalue weighted by atomic mass is 10.1. The topological polar surface area (TPSA) is 83.0 Å². The monoisotopic (exact) mass is 308 g/mol. The largest absolute Gasteiger partial charge is 0.481 e. The summed E-state index contributed by atoms with van der Waals surface area (Å²) < 4.78 is 7.12. The third-order valence-electron chi connectivity index (χ3n) is 3.44. The van der Waals surface area contributed by atoms with Crippen LogP contribution in [-0.4, -0.2) is 27.6 Å². The van der Waals surface area contributed by atoms with Gasteiger partial charge in [-0.3, -0.25) is 9.36 Å². The molecule has 0 radical (unpaired) electrons. The highest BCUT2D eigenvalue weighted by molar-refractivity contribution is 5.76. The molecule has 0 atom stereocenters. The number of benzene rings is 1. The SMILES string of the molecule is COc1cc(-c2nccn2-c2ccc(CC(N)=O)cc2)ccn1. The van der Waals surface area contributed by atoms with Crippen molar-refractivity contribution in [2.24, 2.45) is 5.73 Å². The average molecular weight is 308 g/mol. The lowest BCUT2D eigenvalue weighted by Crippen LogP contribution is -2.13. The number of imidazole rings is 1. The maximum atomic E-state index is 11.0. The van der Waals surface area contributed by atoms with Crippen LogP contribution in [0.1, 0.15) is 5.56 Å². The highest BCUT2D eigenvalue weighted by atomic mass is 16.5. The zero-order valence-corrected chi connectivity index (χ0v) is 12.6. The Bertz CT molecular complexity index is 825. The molecule has 0 aliphatic carbocycles. The molecule has 2 aromatic heterocycles. The molecule has 0 saturated heterocycles. The van der Waals surface area contributed by atoms with Crippen molar-refractivity contribution in [3.05, 3.63) is 60.6 Å². The number of nitrogens with zero attached hydrogens (tertiary/aromatic N) is 3. The van der Waals surface area contributed by atoms with Gasteiger partial charge in [0.2, 0.25) is 11.8 Å². The smallest absolute Gasteiger partial charge is 0.221 e. The Morgan fingerprint density at radius 2 is 1.96 bits per heavy atom. The Morgan fingerprint density at radius 3 is 2.65 bits per heavy atom. The van der Waals surface area contributed by atoms with E-state index in [9.17, 15) is 4.79 Å². The number of ether oxygens (including phenoxy) is 1. The molecule has 0 aliphatic heterocycles.